The minimum Gasteiger partial charge on any atom is -0.345 e. The molecule has 0 bridgehead atoms. The van der Waals surface area contributed by atoms with E-state index in [1.807, 2.05) is 31.4 Å². The predicted octanol–water partition coefficient (Wildman–Crippen LogP) is 2.70. The average Bonchev–Trinajstić information content (AvgIpc) is 3.50. The maximum absolute atomic E-state index is 13.0. The zero-order valence-corrected chi connectivity index (χ0v) is 19.1. The molecule has 5 rings (SSSR count). The third-order valence-electron chi connectivity index (χ3n) is 6.53. The highest BCUT2D eigenvalue weighted by atomic mass is 16.2. The standard InChI is InChI=1S/C25H27N7O2/c1-3-23(33)31-12-5-6-17(16-31)25(34)30(2)13-9-18-14-20-19(8-11-26-24(20)29-18)21-15-28-32-22(21)7-4-10-27-32/h3-4,7-8,10-11,14-15,17H,1,5-6,9,12-13,16H2,2H3,(H,26,29)/t17-/m0/s1. The lowest BCUT2D eigenvalue weighted by Gasteiger charge is -2.33. The number of fused-ring (bicyclic) bond motifs is 2. The highest BCUT2D eigenvalue weighted by molar-refractivity contribution is 5.97. The molecule has 0 aliphatic carbocycles. The summed E-state index contributed by atoms with van der Waals surface area (Å²) < 4.78 is 1.62. The number of carbonyl (C=O) groups excluding carboxylic acids is 2. The van der Waals surface area contributed by atoms with Crippen LogP contribution in [0.4, 0.5) is 0 Å². The molecule has 9 nitrogen and oxygen atoms in total. The van der Waals surface area contributed by atoms with Crippen LogP contribution >= 0.6 is 0 Å². The van der Waals surface area contributed by atoms with Gasteiger partial charge in [0.25, 0.3) is 0 Å². The van der Waals surface area contributed by atoms with Crippen molar-refractivity contribution in [2.24, 2.45) is 5.92 Å². The summed E-state index contributed by atoms with van der Waals surface area (Å²) in [6.45, 7) is 5.28. The van der Waals surface area contributed by atoms with E-state index in [4.69, 9.17) is 0 Å². The van der Waals surface area contributed by atoms with Gasteiger partial charge in [0, 0.05) is 62.1 Å². The number of amides is 2. The normalized spacial score (nSPS) is 16.1. The number of piperidine rings is 1. The van der Waals surface area contributed by atoms with Gasteiger partial charge in [0.15, 0.2) is 0 Å². The van der Waals surface area contributed by atoms with Crippen LogP contribution in [0.3, 0.4) is 0 Å². The van der Waals surface area contributed by atoms with Gasteiger partial charge in [-0.2, -0.15) is 14.8 Å². The Morgan fingerprint density at radius 1 is 1.26 bits per heavy atom. The molecule has 4 aromatic heterocycles. The molecule has 1 N–H and O–H groups in total. The zero-order chi connectivity index (χ0) is 23.7. The van der Waals surface area contributed by atoms with Gasteiger partial charge in [0.05, 0.1) is 17.6 Å². The monoisotopic (exact) mass is 457 g/mol. The summed E-state index contributed by atoms with van der Waals surface area (Å²) in [7, 11) is 1.83. The number of likely N-dealkylation sites (tertiary alicyclic amines) is 1. The number of likely N-dealkylation sites (N-methyl/N-ethyl adjacent to an activating group) is 1. The Labute approximate surface area is 197 Å². The van der Waals surface area contributed by atoms with E-state index in [0.717, 1.165) is 46.2 Å². The summed E-state index contributed by atoms with van der Waals surface area (Å²) in [5.74, 6) is -0.193. The van der Waals surface area contributed by atoms with Crippen molar-refractivity contribution in [3.05, 3.63) is 61.2 Å². The molecule has 1 aliphatic heterocycles. The zero-order valence-electron chi connectivity index (χ0n) is 19.1. The smallest absolute Gasteiger partial charge is 0.245 e. The highest BCUT2D eigenvalue weighted by Crippen LogP contribution is 2.31. The van der Waals surface area contributed by atoms with Crippen molar-refractivity contribution in [3.63, 3.8) is 0 Å². The molecule has 0 saturated carbocycles. The molecule has 174 valence electrons. The largest absolute Gasteiger partial charge is 0.345 e. The van der Waals surface area contributed by atoms with E-state index >= 15 is 0 Å². The molecular weight excluding hydrogens is 430 g/mol. The fourth-order valence-corrected chi connectivity index (χ4v) is 4.71. The van der Waals surface area contributed by atoms with Gasteiger partial charge >= 0.3 is 0 Å². The summed E-state index contributed by atoms with van der Waals surface area (Å²) in [5.41, 5.74) is 4.77. The molecule has 1 atom stereocenters. The van der Waals surface area contributed by atoms with E-state index in [0.29, 0.717) is 26.1 Å². The maximum atomic E-state index is 13.0. The molecule has 5 heterocycles. The minimum atomic E-state index is -0.164. The van der Waals surface area contributed by atoms with E-state index in [2.05, 4.69) is 32.8 Å². The van der Waals surface area contributed by atoms with Gasteiger partial charge in [-0.1, -0.05) is 6.58 Å². The third kappa shape index (κ3) is 4.05. The van der Waals surface area contributed by atoms with E-state index in [1.54, 1.807) is 26.8 Å². The number of hydrogen-bond donors (Lipinski definition) is 1. The average molecular weight is 458 g/mol. The van der Waals surface area contributed by atoms with E-state index in [1.165, 1.54) is 6.08 Å². The molecule has 4 aromatic rings. The van der Waals surface area contributed by atoms with Crippen molar-refractivity contribution in [3.8, 4) is 11.1 Å². The summed E-state index contributed by atoms with van der Waals surface area (Å²) >= 11 is 0. The molecule has 0 radical (unpaired) electrons. The highest BCUT2D eigenvalue weighted by Gasteiger charge is 2.29. The number of nitrogens with zero attached hydrogens (tertiary/aromatic N) is 6. The topological polar surface area (TPSA) is 99.5 Å². The lowest BCUT2D eigenvalue weighted by atomic mass is 9.96. The molecule has 0 aromatic carbocycles. The number of hydrogen-bond acceptors (Lipinski definition) is 5. The van der Waals surface area contributed by atoms with Crippen LogP contribution in [-0.2, 0) is 16.0 Å². The number of pyridine rings is 1. The molecule has 1 aliphatic rings. The Balaban J connectivity index is 1.30. The summed E-state index contributed by atoms with van der Waals surface area (Å²) in [4.78, 5) is 36.3. The lowest BCUT2D eigenvalue weighted by molar-refractivity contribution is -0.138. The number of aromatic amines is 1. The summed E-state index contributed by atoms with van der Waals surface area (Å²) in [6, 6.07) is 7.97. The van der Waals surface area contributed by atoms with Gasteiger partial charge in [0.2, 0.25) is 11.8 Å². The van der Waals surface area contributed by atoms with Crippen LogP contribution in [0.25, 0.3) is 27.7 Å². The first-order valence-electron chi connectivity index (χ1n) is 11.5. The van der Waals surface area contributed by atoms with Crippen molar-refractivity contribution in [2.75, 3.05) is 26.7 Å². The van der Waals surface area contributed by atoms with Crippen LogP contribution in [0.1, 0.15) is 18.5 Å². The van der Waals surface area contributed by atoms with Gasteiger partial charge in [-0.15, -0.1) is 0 Å². The quantitative estimate of drug-likeness (QED) is 0.449. The summed E-state index contributed by atoms with van der Waals surface area (Å²) in [5, 5.41) is 9.62. The van der Waals surface area contributed by atoms with Crippen LogP contribution in [0, 0.1) is 5.92 Å². The van der Waals surface area contributed by atoms with Gasteiger partial charge in [0.1, 0.15) is 5.65 Å². The van der Waals surface area contributed by atoms with Gasteiger partial charge < -0.3 is 14.8 Å². The third-order valence-corrected chi connectivity index (χ3v) is 6.53. The fourth-order valence-electron chi connectivity index (χ4n) is 4.71. The minimum absolute atomic E-state index is 0.0790. The number of H-pyrrole nitrogens is 1. The molecule has 2 amide bonds. The Kier molecular flexibility index (Phi) is 5.83. The first-order valence-corrected chi connectivity index (χ1v) is 11.5. The molecule has 9 heteroatoms. The molecule has 1 saturated heterocycles. The summed E-state index contributed by atoms with van der Waals surface area (Å²) in [6.07, 6.45) is 8.94. The second kappa shape index (κ2) is 9.09. The van der Waals surface area contributed by atoms with Crippen LogP contribution < -0.4 is 0 Å². The van der Waals surface area contributed by atoms with Crippen molar-refractivity contribution in [1.29, 1.82) is 0 Å². The van der Waals surface area contributed by atoms with Crippen molar-refractivity contribution in [2.45, 2.75) is 19.3 Å². The van der Waals surface area contributed by atoms with E-state index in [-0.39, 0.29) is 17.7 Å². The van der Waals surface area contributed by atoms with Crippen molar-refractivity contribution in [1.82, 2.24) is 34.6 Å². The van der Waals surface area contributed by atoms with Crippen LogP contribution in [0.5, 0.6) is 0 Å². The van der Waals surface area contributed by atoms with Gasteiger partial charge in [-0.05, 0) is 48.7 Å². The number of nitrogens with one attached hydrogen (secondary N) is 1. The first kappa shape index (κ1) is 21.8. The number of carbonyl (C=O) groups is 2. The Morgan fingerprint density at radius 2 is 2.15 bits per heavy atom. The van der Waals surface area contributed by atoms with Crippen LogP contribution in [0.2, 0.25) is 0 Å². The first-order chi connectivity index (χ1) is 16.5. The predicted molar refractivity (Wildman–Crippen MR) is 129 cm³/mol. The Hall–Kier alpha value is -4.01. The SMILES string of the molecule is C=CC(=O)N1CCC[C@H](C(=O)N(C)CCc2cc3c(-c4cnn5ncccc45)ccnc3[nH]2)C1. The lowest BCUT2D eigenvalue weighted by Crippen LogP contribution is -2.45. The maximum Gasteiger partial charge on any atom is 0.245 e. The molecular formula is C25H27N7O2. The second-order valence-electron chi connectivity index (χ2n) is 8.71. The Morgan fingerprint density at radius 3 is 3.00 bits per heavy atom. The molecule has 1 fully saturated rings. The van der Waals surface area contributed by atoms with Crippen molar-refractivity contribution < 1.29 is 9.59 Å². The number of aromatic nitrogens is 5. The van der Waals surface area contributed by atoms with E-state index < -0.39 is 0 Å². The Bertz CT molecular complexity index is 1370. The fraction of sp³-hybridized carbons (Fsp3) is 0.320. The molecule has 34 heavy (non-hydrogen) atoms. The van der Waals surface area contributed by atoms with Crippen LogP contribution in [-0.4, -0.2) is 73.1 Å². The van der Waals surface area contributed by atoms with Crippen LogP contribution in [0.15, 0.2) is 55.5 Å². The second-order valence-corrected chi connectivity index (χ2v) is 8.71. The molecule has 0 spiro atoms. The number of rotatable bonds is 6. The van der Waals surface area contributed by atoms with Gasteiger partial charge in [-0.3, -0.25) is 9.59 Å². The van der Waals surface area contributed by atoms with Gasteiger partial charge in [-0.25, -0.2) is 4.98 Å². The molecule has 0 unspecified atom stereocenters. The van der Waals surface area contributed by atoms with Crippen molar-refractivity contribution >= 4 is 28.4 Å². The van der Waals surface area contributed by atoms with E-state index in [9.17, 15) is 9.59 Å².